The molecule has 2 heterocycles. The minimum absolute atomic E-state index is 0.0271. The van der Waals surface area contributed by atoms with Crippen LogP contribution in [-0.4, -0.2) is 23.6 Å². The van der Waals surface area contributed by atoms with Gasteiger partial charge in [0.05, 0.1) is 11.8 Å². The molecular weight excluding hydrogens is 331 g/mol. The molecule has 128 valence electrons. The quantitative estimate of drug-likeness (QED) is 0.879. The third kappa shape index (κ3) is 3.91. The lowest BCUT2D eigenvalue weighted by molar-refractivity contribution is 0.101. The summed E-state index contributed by atoms with van der Waals surface area (Å²) in [4.78, 5) is 16.6. The maximum atomic E-state index is 14.1. The Bertz CT molecular complexity index is 726. The molecule has 0 spiro atoms. The van der Waals surface area contributed by atoms with Crippen LogP contribution >= 0.6 is 11.3 Å². The number of anilines is 1. The maximum absolute atomic E-state index is 14.1. The number of hydrogen-bond donors (Lipinski definition) is 1. The molecular formula is C17H19FN2O3S. The summed E-state index contributed by atoms with van der Waals surface area (Å²) in [5.41, 5.74) is 0.371. The van der Waals surface area contributed by atoms with E-state index in [1.165, 1.54) is 23.5 Å². The van der Waals surface area contributed by atoms with Crippen molar-refractivity contribution in [2.45, 2.75) is 38.9 Å². The Morgan fingerprint density at radius 2 is 2.33 bits per heavy atom. The predicted octanol–water partition coefficient (Wildman–Crippen LogP) is 4.17. The standard InChI is InChI=1S/C17H19FN2O3S/c1-10(2)23-11-5-6-13(12(18)8-11)19-16(21)14-9-24-17(20-14)15-4-3-7-22-15/h5-6,8-10,15H,3-4,7H2,1-2H3,(H,19,21). The number of rotatable bonds is 5. The normalized spacial score (nSPS) is 17.2. The Hall–Kier alpha value is -1.99. The number of aromatic nitrogens is 1. The second-order valence-electron chi connectivity index (χ2n) is 5.84. The van der Waals surface area contributed by atoms with Gasteiger partial charge in [0.2, 0.25) is 0 Å². The molecule has 1 saturated heterocycles. The molecule has 1 fully saturated rings. The van der Waals surface area contributed by atoms with Gasteiger partial charge in [-0.2, -0.15) is 0 Å². The van der Waals surface area contributed by atoms with Gasteiger partial charge in [0.15, 0.2) is 0 Å². The molecule has 24 heavy (non-hydrogen) atoms. The second-order valence-corrected chi connectivity index (χ2v) is 6.72. The van der Waals surface area contributed by atoms with Crippen molar-refractivity contribution in [1.29, 1.82) is 0 Å². The van der Waals surface area contributed by atoms with E-state index in [1.807, 2.05) is 13.8 Å². The number of ether oxygens (including phenoxy) is 2. The molecule has 0 radical (unpaired) electrons. The summed E-state index contributed by atoms with van der Waals surface area (Å²) < 4.78 is 25.1. The van der Waals surface area contributed by atoms with E-state index >= 15 is 0 Å². The Morgan fingerprint density at radius 3 is 3.00 bits per heavy atom. The molecule has 1 aromatic carbocycles. The van der Waals surface area contributed by atoms with Crippen molar-refractivity contribution < 1.29 is 18.7 Å². The van der Waals surface area contributed by atoms with Crippen LogP contribution in [0.4, 0.5) is 10.1 Å². The highest BCUT2D eigenvalue weighted by Gasteiger charge is 2.22. The Balaban J connectivity index is 1.68. The molecule has 1 N–H and O–H groups in total. The van der Waals surface area contributed by atoms with Gasteiger partial charge in [-0.1, -0.05) is 0 Å². The van der Waals surface area contributed by atoms with Crippen LogP contribution in [0.25, 0.3) is 0 Å². The number of thiazole rings is 1. The van der Waals surface area contributed by atoms with Crippen molar-refractivity contribution in [1.82, 2.24) is 4.98 Å². The van der Waals surface area contributed by atoms with E-state index in [0.29, 0.717) is 5.75 Å². The minimum atomic E-state index is -0.545. The summed E-state index contributed by atoms with van der Waals surface area (Å²) >= 11 is 1.39. The van der Waals surface area contributed by atoms with Crippen LogP contribution < -0.4 is 10.1 Å². The Kier molecular flexibility index (Phi) is 5.11. The highest BCUT2D eigenvalue weighted by molar-refractivity contribution is 7.09. The molecule has 1 amide bonds. The highest BCUT2D eigenvalue weighted by Crippen LogP contribution is 2.31. The molecule has 7 heteroatoms. The first-order chi connectivity index (χ1) is 11.5. The molecule has 1 aromatic heterocycles. The van der Waals surface area contributed by atoms with Gasteiger partial charge in [-0.3, -0.25) is 4.79 Å². The van der Waals surface area contributed by atoms with Crippen LogP contribution in [-0.2, 0) is 4.74 Å². The molecule has 0 bridgehead atoms. The van der Waals surface area contributed by atoms with Gasteiger partial charge in [-0.25, -0.2) is 9.37 Å². The van der Waals surface area contributed by atoms with Crippen LogP contribution in [0.2, 0.25) is 0 Å². The van der Waals surface area contributed by atoms with Gasteiger partial charge in [-0.05, 0) is 38.8 Å². The molecule has 1 atom stereocenters. The first-order valence-corrected chi connectivity index (χ1v) is 8.75. The third-order valence-electron chi connectivity index (χ3n) is 3.52. The molecule has 0 saturated carbocycles. The van der Waals surface area contributed by atoms with E-state index < -0.39 is 11.7 Å². The summed E-state index contributed by atoms with van der Waals surface area (Å²) in [5.74, 6) is -0.558. The smallest absolute Gasteiger partial charge is 0.275 e. The van der Waals surface area contributed by atoms with Crippen molar-refractivity contribution >= 4 is 22.9 Å². The lowest BCUT2D eigenvalue weighted by atomic mass is 10.2. The SMILES string of the molecule is CC(C)Oc1ccc(NC(=O)c2csc(C3CCCO3)n2)c(F)c1. The largest absolute Gasteiger partial charge is 0.491 e. The fourth-order valence-electron chi connectivity index (χ4n) is 2.44. The molecule has 0 aliphatic carbocycles. The zero-order valence-electron chi connectivity index (χ0n) is 13.5. The minimum Gasteiger partial charge on any atom is -0.491 e. The fourth-order valence-corrected chi connectivity index (χ4v) is 3.32. The van der Waals surface area contributed by atoms with Crippen molar-refractivity contribution in [3.63, 3.8) is 0 Å². The van der Waals surface area contributed by atoms with E-state index in [9.17, 15) is 9.18 Å². The van der Waals surface area contributed by atoms with E-state index in [-0.39, 0.29) is 23.6 Å². The predicted molar refractivity (Wildman–Crippen MR) is 90.2 cm³/mol. The van der Waals surface area contributed by atoms with Gasteiger partial charge in [-0.15, -0.1) is 11.3 Å². The number of halogens is 1. The number of amides is 1. The fraction of sp³-hybridized carbons (Fsp3) is 0.412. The van der Waals surface area contributed by atoms with Crippen LogP contribution in [0, 0.1) is 5.82 Å². The number of benzene rings is 1. The maximum Gasteiger partial charge on any atom is 0.275 e. The number of carbonyl (C=O) groups is 1. The van der Waals surface area contributed by atoms with Crippen LogP contribution in [0.1, 0.15) is 48.3 Å². The number of nitrogens with one attached hydrogen (secondary N) is 1. The van der Waals surface area contributed by atoms with Gasteiger partial charge in [0.1, 0.15) is 28.4 Å². The van der Waals surface area contributed by atoms with Crippen molar-refractivity contribution in [2.24, 2.45) is 0 Å². The van der Waals surface area contributed by atoms with E-state index in [4.69, 9.17) is 9.47 Å². The first-order valence-electron chi connectivity index (χ1n) is 7.87. The molecule has 1 aliphatic heterocycles. The third-order valence-corrected chi connectivity index (χ3v) is 4.46. The molecule has 2 aromatic rings. The van der Waals surface area contributed by atoms with Gasteiger partial charge < -0.3 is 14.8 Å². The lowest BCUT2D eigenvalue weighted by Gasteiger charge is -2.11. The molecule has 1 aliphatic rings. The van der Waals surface area contributed by atoms with E-state index in [2.05, 4.69) is 10.3 Å². The topological polar surface area (TPSA) is 60.5 Å². The molecule has 1 unspecified atom stereocenters. The zero-order chi connectivity index (χ0) is 17.1. The lowest BCUT2D eigenvalue weighted by Crippen LogP contribution is -2.14. The molecule has 3 rings (SSSR count). The summed E-state index contributed by atoms with van der Waals surface area (Å²) in [6, 6.07) is 4.37. The first kappa shape index (κ1) is 16.9. The van der Waals surface area contributed by atoms with E-state index in [1.54, 1.807) is 11.4 Å². The van der Waals surface area contributed by atoms with Crippen molar-refractivity contribution in [3.05, 3.63) is 40.1 Å². The van der Waals surface area contributed by atoms with Gasteiger partial charge in [0, 0.05) is 18.1 Å². The Morgan fingerprint density at radius 1 is 1.50 bits per heavy atom. The summed E-state index contributed by atoms with van der Waals surface area (Å²) in [6.07, 6.45) is 1.85. The average Bonchev–Trinajstić information content (AvgIpc) is 3.19. The van der Waals surface area contributed by atoms with Gasteiger partial charge >= 0.3 is 0 Å². The highest BCUT2D eigenvalue weighted by atomic mass is 32.1. The van der Waals surface area contributed by atoms with E-state index in [0.717, 1.165) is 24.5 Å². The summed E-state index contributed by atoms with van der Waals surface area (Å²) in [7, 11) is 0. The number of nitrogens with zero attached hydrogens (tertiary/aromatic N) is 1. The zero-order valence-corrected chi connectivity index (χ0v) is 14.4. The summed E-state index contributed by atoms with van der Waals surface area (Å²) in [6.45, 7) is 4.45. The van der Waals surface area contributed by atoms with Crippen molar-refractivity contribution in [3.8, 4) is 5.75 Å². The van der Waals surface area contributed by atoms with Gasteiger partial charge in [0.25, 0.3) is 5.91 Å². The van der Waals surface area contributed by atoms with Crippen molar-refractivity contribution in [2.75, 3.05) is 11.9 Å². The average molecular weight is 350 g/mol. The van der Waals surface area contributed by atoms with Crippen LogP contribution in [0.3, 0.4) is 0 Å². The summed E-state index contributed by atoms with van der Waals surface area (Å²) in [5, 5.41) is 5.00. The monoisotopic (exact) mass is 350 g/mol. The number of carbonyl (C=O) groups excluding carboxylic acids is 1. The van der Waals surface area contributed by atoms with Crippen LogP contribution in [0.15, 0.2) is 23.6 Å². The number of hydrogen-bond acceptors (Lipinski definition) is 5. The molecule has 5 nitrogen and oxygen atoms in total. The second kappa shape index (κ2) is 7.27. The Labute approximate surface area is 143 Å². The van der Waals surface area contributed by atoms with Crippen LogP contribution in [0.5, 0.6) is 5.75 Å².